The van der Waals surface area contributed by atoms with Gasteiger partial charge in [-0.1, -0.05) is 13.8 Å². The van der Waals surface area contributed by atoms with Crippen molar-refractivity contribution in [3.63, 3.8) is 0 Å². The van der Waals surface area contributed by atoms with E-state index >= 15 is 0 Å². The lowest BCUT2D eigenvalue weighted by Crippen LogP contribution is -2.59. The summed E-state index contributed by atoms with van der Waals surface area (Å²) in [5, 5.41) is 18.3. The molecule has 0 bridgehead atoms. The number of aromatic nitrogens is 6. The molecule has 5 aromatic rings. The number of aliphatic hydroxyl groups excluding tert-OH is 1. The van der Waals surface area contributed by atoms with E-state index in [2.05, 4.69) is 51.0 Å². The fraction of sp³-hybridized carbons (Fsp3) is 0.417. The van der Waals surface area contributed by atoms with E-state index in [4.69, 9.17) is 4.74 Å². The zero-order valence-electron chi connectivity index (χ0n) is 28.3. The Kier molecular flexibility index (Phi) is 7.65. The smallest absolute Gasteiger partial charge is 0.290 e. The van der Waals surface area contributed by atoms with Gasteiger partial charge in [-0.3, -0.25) is 19.1 Å². The molecule has 0 spiro atoms. The summed E-state index contributed by atoms with van der Waals surface area (Å²) in [5.74, 6) is 0.837. The molecule has 0 amide bonds. The minimum absolute atomic E-state index is 0.163. The quantitative estimate of drug-likeness (QED) is 0.268. The molecule has 2 fully saturated rings. The third kappa shape index (κ3) is 5.51. The number of pyridine rings is 2. The number of ether oxygens (including phenoxy) is 1. The van der Waals surface area contributed by atoms with Crippen LogP contribution in [0, 0.1) is 5.41 Å². The molecule has 0 unspecified atom stereocenters. The van der Waals surface area contributed by atoms with Crippen LogP contribution in [0.15, 0.2) is 64.7 Å². The Labute approximate surface area is 283 Å². The lowest BCUT2D eigenvalue weighted by Gasteiger charge is -2.46. The summed E-state index contributed by atoms with van der Waals surface area (Å²) in [6.07, 6.45) is 8.83. The molecule has 0 aromatic carbocycles. The fourth-order valence-electron chi connectivity index (χ4n) is 7.65. The van der Waals surface area contributed by atoms with Gasteiger partial charge >= 0.3 is 0 Å². The van der Waals surface area contributed by atoms with Crippen LogP contribution in [0.25, 0.3) is 22.6 Å². The van der Waals surface area contributed by atoms with Crippen molar-refractivity contribution in [1.29, 1.82) is 0 Å². The maximum Gasteiger partial charge on any atom is 0.290 e. The van der Waals surface area contributed by atoms with Crippen LogP contribution in [0.5, 0.6) is 0 Å². The Balaban J connectivity index is 1.07. The van der Waals surface area contributed by atoms with E-state index in [9.17, 15) is 14.7 Å². The molecule has 0 saturated carbocycles. The van der Waals surface area contributed by atoms with Gasteiger partial charge in [0, 0.05) is 68.1 Å². The number of hydrogen-bond acceptors (Lipinski definition) is 10. The number of aryl methyl sites for hydroxylation is 1. The summed E-state index contributed by atoms with van der Waals surface area (Å²) in [6, 6.07) is 10.1. The van der Waals surface area contributed by atoms with Crippen molar-refractivity contribution in [3.8, 4) is 17.1 Å². The molecule has 7 heterocycles. The zero-order valence-corrected chi connectivity index (χ0v) is 28.3. The van der Waals surface area contributed by atoms with Gasteiger partial charge in [0.1, 0.15) is 22.8 Å². The first-order chi connectivity index (χ1) is 23.6. The predicted molar refractivity (Wildman–Crippen MR) is 187 cm³/mol. The minimum Gasteiger partial charge on any atom is -0.392 e. The molecular weight excluding hydrogens is 622 g/mol. The highest BCUT2D eigenvalue weighted by Gasteiger charge is 2.33. The molecule has 1 aliphatic carbocycles. The number of rotatable bonds is 7. The number of aliphatic hydroxyl groups is 1. The van der Waals surface area contributed by atoms with E-state index in [0.717, 1.165) is 51.4 Å². The van der Waals surface area contributed by atoms with Crippen LogP contribution >= 0.6 is 0 Å². The molecule has 5 aromatic heterocycles. The van der Waals surface area contributed by atoms with Gasteiger partial charge < -0.3 is 24.5 Å². The van der Waals surface area contributed by atoms with Crippen molar-refractivity contribution >= 4 is 22.7 Å². The maximum atomic E-state index is 13.8. The number of hydrogen-bond donors (Lipinski definition) is 2. The standard InChI is InChI=1S/C36H41N9O4/c1-22-18-42(25-20-49-21-25)9-10-43(22)24-5-6-32(38-17-24)39-29-14-28(40-41(4)34(29)47)26-7-8-37-33(27(26)19-46)45-12-11-44-30(35(45)48)13-23-15-36(2,3)16-31(23)44/h5-8,11-14,17,22,25,46H,9-10,15-16,18-21H2,1-4H3,(H,38,39)/t22-/m0/s1. The van der Waals surface area contributed by atoms with Crippen molar-refractivity contribution in [3.05, 3.63) is 92.6 Å². The van der Waals surface area contributed by atoms with Crippen LogP contribution in [-0.2, 0) is 31.2 Å². The summed E-state index contributed by atoms with van der Waals surface area (Å²) >= 11 is 0. The number of anilines is 3. The molecular formula is C36H41N9O4. The largest absolute Gasteiger partial charge is 0.392 e. The van der Waals surface area contributed by atoms with E-state index in [1.54, 1.807) is 31.6 Å². The van der Waals surface area contributed by atoms with E-state index in [1.807, 2.05) is 35.0 Å². The molecule has 2 saturated heterocycles. The molecule has 13 heteroatoms. The maximum absolute atomic E-state index is 13.8. The topological polar surface area (TPSA) is 135 Å². The van der Waals surface area contributed by atoms with E-state index in [1.165, 1.54) is 20.5 Å². The molecule has 49 heavy (non-hydrogen) atoms. The highest BCUT2D eigenvalue weighted by atomic mass is 16.5. The van der Waals surface area contributed by atoms with Crippen molar-refractivity contribution < 1.29 is 9.84 Å². The number of fused-ring (bicyclic) bond motifs is 3. The molecule has 13 nitrogen and oxygen atoms in total. The summed E-state index contributed by atoms with van der Waals surface area (Å²) < 4.78 is 10.1. The van der Waals surface area contributed by atoms with Crippen molar-refractivity contribution in [2.24, 2.45) is 12.5 Å². The van der Waals surface area contributed by atoms with Crippen molar-refractivity contribution in [2.75, 3.05) is 43.1 Å². The first-order valence-corrected chi connectivity index (χ1v) is 16.8. The molecule has 3 aliphatic rings. The molecule has 254 valence electrons. The third-order valence-corrected chi connectivity index (χ3v) is 10.2. The molecule has 8 rings (SSSR count). The highest BCUT2D eigenvalue weighted by Crippen LogP contribution is 2.37. The number of piperazine rings is 1. The minimum atomic E-state index is -0.390. The highest BCUT2D eigenvalue weighted by molar-refractivity contribution is 5.71. The van der Waals surface area contributed by atoms with E-state index < -0.39 is 0 Å². The number of nitrogens with one attached hydrogen (secondary N) is 1. The summed E-state index contributed by atoms with van der Waals surface area (Å²) in [7, 11) is 1.58. The molecule has 2 N–H and O–H groups in total. The lowest BCUT2D eigenvalue weighted by atomic mass is 9.90. The van der Waals surface area contributed by atoms with Gasteiger partial charge in [-0.05, 0) is 61.1 Å². The first kappa shape index (κ1) is 31.4. The second kappa shape index (κ2) is 11.9. The second-order valence-corrected chi connectivity index (χ2v) is 14.3. The van der Waals surface area contributed by atoms with Crippen LogP contribution in [-0.4, -0.2) is 83.7 Å². The van der Waals surface area contributed by atoms with E-state index in [-0.39, 0.29) is 28.8 Å². The van der Waals surface area contributed by atoms with Crippen LogP contribution < -0.4 is 21.3 Å². The Hall–Kier alpha value is -4.85. The van der Waals surface area contributed by atoms with Crippen molar-refractivity contribution in [2.45, 2.75) is 52.3 Å². The first-order valence-electron chi connectivity index (χ1n) is 16.8. The molecule has 2 aliphatic heterocycles. The fourth-order valence-corrected chi connectivity index (χ4v) is 7.65. The van der Waals surface area contributed by atoms with Crippen LogP contribution in [0.1, 0.15) is 37.6 Å². The van der Waals surface area contributed by atoms with E-state index in [0.29, 0.717) is 46.1 Å². The summed E-state index contributed by atoms with van der Waals surface area (Å²) in [5.41, 5.74) is 5.28. The summed E-state index contributed by atoms with van der Waals surface area (Å²) in [6.45, 7) is 10.8. The normalized spacial score (nSPS) is 19.3. The Bertz CT molecular complexity index is 2180. The van der Waals surface area contributed by atoms with Gasteiger partial charge in [0.2, 0.25) is 0 Å². The van der Waals surface area contributed by atoms with Crippen molar-refractivity contribution in [1.82, 2.24) is 33.6 Å². The van der Waals surface area contributed by atoms with Gasteiger partial charge in [-0.2, -0.15) is 5.10 Å². The average Bonchev–Trinajstić information content (AvgIpc) is 3.55. The monoisotopic (exact) mass is 663 g/mol. The van der Waals surface area contributed by atoms with Gasteiger partial charge in [0.05, 0.1) is 43.4 Å². The van der Waals surface area contributed by atoms with Crippen LogP contribution in [0.2, 0.25) is 0 Å². The number of nitrogens with zero attached hydrogens (tertiary/aromatic N) is 8. The van der Waals surface area contributed by atoms with Gasteiger partial charge in [0.25, 0.3) is 11.1 Å². The van der Waals surface area contributed by atoms with Crippen LogP contribution in [0.4, 0.5) is 17.2 Å². The Morgan fingerprint density at radius 3 is 2.59 bits per heavy atom. The van der Waals surface area contributed by atoms with Crippen LogP contribution in [0.3, 0.4) is 0 Å². The third-order valence-electron chi connectivity index (χ3n) is 10.2. The predicted octanol–water partition coefficient (Wildman–Crippen LogP) is 2.91. The zero-order chi connectivity index (χ0) is 34.0. The Morgan fingerprint density at radius 2 is 1.88 bits per heavy atom. The van der Waals surface area contributed by atoms with Gasteiger partial charge in [0.15, 0.2) is 0 Å². The van der Waals surface area contributed by atoms with Gasteiger partial charge in [-0.15, -0.1) is 0 Å². The lowest BCUT2D eigenvalue weighted by molar-refractivity contribution is -0.0691. The Morgan fingerprint density at radius 1 is 1.04 bits per heavy atom. The SMILES string of the molecule is C[C@H]1CN(C2COC2)CCN1c1ccc(Nc2cc(-c3ccnc(-n4ccn5c6c(cc5c4=O)CC(C)(C)C6)c3CO)nn(C)c2=O)nc1. The second-order valence-electron chi connectivity index (χ2n) is 14.3. The summed E-state index contributed by atoms with van der Waals surface area (Å²) in [4.78, 5) is 41.0. The average molecular weight is 664 g/mol. The molecule has 0 radical (unpaired) electrons. The molecule has 1 atom stereocenters. The van der Waals surface area contributed by atoms with Gasteiger partial charge in [-0.25, -0.2) is 14.6 Å².